The van der Waals surface area contributed by atoms with Crippen LogP contribution in [0.1, 0.15) is 36.3 Å². The first kappa shape index (κ1) is 15.0. The summed E-state index contributed by atoms with van der Waals surface area (Å²) in [6.45, 7) is 5.85. The monoisotopic (exact) mass is 300 g/mol. The number of aromatic nitrogens is 2. The fourth-order valence-electron chi connectivity index (χ4n) is 2.84. The molecular formula is C12H20N4O3S. The number of aryl methyl sites for hydroxylation is 2. The Morgan fingerprint density at radius 2 is 2.00 bits per heavy atom. The van der Waals surface area contributed by atoms with E-state index in [-0.39, 0.29) is 24.9 Å². The molecule has 1 aliphatic heterocycles. The van der Waals surface area contributed by atoms with Crippen LogP contribution in [0.4, 0.5) is 0 Å². The summed E-state index contributed by atoms with van der Waals surface area (Å²) in [5.41, 5.74) is 2.79. The van der Waals surface area contributed by atoms with E-state index in [0.717, 1.165) is 17.0 Å². The molecule has 1 aliphatic rings. The number of primary sulfonamides is 1. The van der Waals surface area contributed by atoms with Crippen molar-refractivity contribution < 1.29 is 13.2 Å². The Hall–Kier alpha value is -1.41. The maximum atomic E-state index is 12.1. The molecule has 0 radical (unpaired) electrons. The average molecular weight is 300 g/mol. The molecule has 8 heteroatoms. The summed E-state index contributed by atoms with van der Waals surface area (Å²) in [7, 11) is -1.84. The second-order valence-corrected chi connectivity index (χ2v) is 7.19. The topological polar surface area (TPSA) is 98.3 Å². The number of carbonyl (C=O) groups excluding carboxylic acids is 1. The molecule has 2 rings (SSSR count). The van der Waals surface area contributed by atoms with Crippen molar-refractivity contribution in [1.82, 2.24) is 14.7 Å². The summed E-state index contributed by atoms with van der Waals surface area (Å²) in [6.07, 6.45) is -0.0401. The molecule has 1 amide bonds. The van der Waals surface area contributed by atoms with Crippen LogP contribution in [0.2, 0.25) is 0 Å². The van der Waals surface area contributed by atoms with Gasteiger partial charge in [-0.1, -0.05) is 0 Å². The zero-order valence-electron chi connectivity index (χ0n) is 12.1. The third kappa shape index (κ3) is 2.45. The Bertz CT molecular complexity index is 650. The Kier molecular flexibility index (Phi) is 3.64. The van der Waals surface area contributed by atoms with Gasteiger partial charge in [0.2, 0.25) is 15.9 Å². The quantitative estimate of drug-likeness (QED) is 0.848. The Morgan fingerprint density at radius 3 is 2.40 bits per heavy atom. The third-order valence-electron chi connectivity index (χ3n) is 4.04. The highest BCUT2D eigenvalue weighted by atomic mass is 32.2. The predicted octanol–water partition coefficient (Wildman–Crippen LogP) is -0.0127. The fourth-order valence-corrected chi connectivity index (χ4v) is 3.59. The van der Waals surface area contributed by atoms with Crippen molar-refractivity contribution in [2.75, 3.05) is 6.54 Å². The summed E-state index contributed by atoms with van der Waals surface area (Å²) >= 11 is 0. The number of sulfonamides is 1. The molecule has 0 aromatic carbocycles. The van der Waals surface area contributed by atoms with Gasteiger partial charge in [0.05, 0.1) is 11.7 Å². The molecule has 0 aliphatic carbocycles. The second-order valence-electron chi connectivity index (χ2n) is 5.35. The molecule has 1 aromatic rings. The van der Waals surface area contributed by atoms with Crippen LogP contribution in [-0.4, -0.2) is 40.8 Å². The van der Waals surface area contributed by atoms with Crippen LogP contribution in [0.3, 0.4) is 0 Å². The predicted molar refractivity (Wildman–Crippen MR) is 74.3 cm³/mol. The van der Waals surface area contributed by atoms with Crippen LogP contribution in [0.15, 0.2) is 0 Å². The first-order valence-corrected chi connectivity index (χ1v) is 8.05. The lowest BCUT2D eigenvalue weighted by Gasteiger charge is -2.25. The van der Waals surface area contributed by atoms with Crippen molar-refractivity contribution in [3.63, 3.8) is 0 Å². The van der Waals surface area contributed by atoms with Gasteiger partial charge in [-0.3, -0.25) is 9.48 Å². The van der Waals surface area contributed by atoms with E-state index in [9.17, 15) is 13.2 Å². The van der Waals surface area contributed by atoms with E-state index in [1.54, 1.807) is 9.58 Å². The van der Waals surface area contributed by atoms with E-state index in [1.807, 2.05) is 27.8 Å². The number of hydrogen-bond donors (Lipinski definition) is 1. The number of amides is 1. The maximum Gasteiger partial charge on any atom is 0.224 e. The summed E-state index contributed by atoms with van der Waals surface area (Å²) in [5, 5.41) is 8.67. The molecule has 2 N–H and O–H groups in total. The van der Waals surface area contributed by atoms with Gasteiger partial charge in [-0.05, 0) is 20.8 Å². The van der Waals surface area contributed by atoms with Crippen LogP contribution >= 0.6 is 0 Å². The highest BCUT2D eigenvalue weighted by molar-refractivity contribution is 7.89. The number of nitrogens with zero attached hydrogens (tertiary/aromatic N) is 3. The van der Waals surface area contributed by atoms with E-state index in [2.05, 4.69) is 5.10 Å². The lowest BCUT2D eigenvalue weighted by atomic mass is 10.1. The SMILES string of the molecule is Cc1nn(C)c(C)c1C(C)N1CC(S(N)(=O)=O)CC1=O. The molecule has 1 aromatic heterocycles. The fraction of sp³-hybridized carbons (Fsp3) is 0.667. The molecule has 0 saturated carbocycles. The van der Waals surface area contributed by atoms with Crippen LogP contribution in [-0.2, 0) is 21.9 Å². The van der Waals surface area contributed by atoms with Crippen molar-refractivity contribution in [2.24, 2.45) is 12.2 Å². The Balaban J connectivity index is 2.31. The second kappa shape index (κ2) is 4.85. The largest absolute Gasteiger partial charge is 0.334 e. The van der Waals surface area contributed by atoms with Crippen LogP contribution in [0.25, 0.3) is 0 Å². The summed E-state index contributed by atoms with van der Waals surface area (Å²) in [6, 6.07) is -0.206. The molecule has 7 nitrogen and oxygen atoms in total. The molecule has 1 saturated heterocycles. The van der Waals surface area contributed by atoms with Gasteiger partial charge in [-0.15, -0.1) is 0 Å². The lowest BCUT2D eigenvalue weighted by molar-refractivity contribution is -0.129. The van der Waals surface area contributed by atoms with Gasteiger partial charge in [0.25, 0.3) is 0 Å². The van der Waals surface area contributed by atoms with E-state index in [0.29, 0.717) is 0 Å². The van der Waals surface area contributed by atoms with Gasteiger partial charge in [0.15, 0.2) is 0 Å². The highest BCUT2D eigenvalue weighted by Gasteiger charge is 2.39. The van der Waals surface area contributed by atoms with Crippen molar-refractivity contribution in [3.05, 3.63) is 17.0 Å². The normalized spacial score (nSPS) is 21.6. The van der Waals surface area contributed by atoms with Gasteiger partial charge in [-0.2, -0.15) is 5.10 Å². The molecule has 2 atom stereocenters. The van der Waals surface area contributed by atoms with Crippen molar-refractivity contribution >= 4 is 15.9 Å². The number of rotatable bonds is 3. The van der Waals surface area contributed by atoms with Crippen LogP contribution in [0.5, 0.6) is 0 Å². The van der Waals surface area contributed by atoms with E-state index < -0.39 is 15.3 Å². The minimum absolute atomic E-state index is 0.0401. The standard InChI is InChI=1S/C12H20N4O3S/c1-7-12(8(2)15(4)14-7)9(3)16-6-10(5-11(16)17)20(13,18)19/h9-10H,5-6H2,1-4H3,(H2,13,18,19). The van der Waals surface area contributed by atoms with E-state index >= 15 is 0 Å². The van der Waals surface area contributed by atoms with Crippen molar-refractivity contribution in [2.45, 2.75) is 38.5 Å². The summed E-state index contributed by atoms with van der Waals surface area (Å²) in [5.74, 6) is -0.181. The Morgan fingerprint density at radius 1 is 1.40 bits per heavy atom. The number of hydrogen-bond acceptors (Lipinski definition) is 4. The smallest absolute Gasteiger partial charge is 0.224 e. The third-order valence-corrected chi connectivity index (χ3v) is 5.28. The van der Waals surface area contributed by atoms with Crippen LogP contribution < -0.4 is 5.14 Å². The number of carbonyl (C=O) groups is 1. The van der Waals surface area contributed by atoms with Crippen LogP contribution in [0, 0.1) is 13.8 Å². The summed E-state index contributed by atoms with van der Waals surface area (Å²) in [4.78, 5) is 13.6. The Labute approximate surface area is 118 Å². The molecule has 1 fully saturated rings. The number of nitrogens with two attached hydrogens (primary N) is 1. The minimum atomic E-state index is -3.68. The zero-order chi connectivity index (χ0) is 15.2. The summed E-state index contributed by atoms with van der Waals surface area (Å²) < 4.78 is 24.6. The molecule has 2 unspecified atom stereocenters. The molecular weight excluding hydrogens is 280 g/mol. The average Bonchev–Trinajstić information content (AvgIpc) is 2.80. The highest BCUT2D eigenvalue weighted by Crippen LogP contribution is 2.31. The van der Waals surface area contributed by atoms with Gasteiger partial charge < -0.3 is 4.90 Å². The first-order chi connectivity index (χ1) is 9.12. The molecule has 112 valence electrons. The molecule has 0 bridgehead atoms. The molecule has 2 heterocycles. The lowest BCUT2D eigenvalue weighted by Crippen LogP contribution is -2.33. The maximum absolute atomic E-state index is 12.1. The van der Waals surface area contributed by atoms with E-state index in [1.165, 1.54) is 0 Å². The zero-order valence-corrected chi connectivity index (χ0v) is 12.9. The number of likely N-dealkylation sites (tertiary alicyclic amines) is 1. The minimum Gasteiger partial charge on any atom is -0.334 e. The van der Waals surface area contributed by atoms with Gasteiger partial charge >= 0.3 is 0 Å². The first-order valence-electron chi connectivity index (χ1n) is 6.44. The van der Waals surface area contributed by atoms with Crippen molar-refractivity contribution in [3.8, 4) is 0 Å². The van der Waals surface area contributed by atoms with Gasteiger partial charge in [0, 0.05) is 31.3 Å². The van der Waals surface area contributed by atoms with Gasteiger partial charge in [-0.25, -0.2) is 13.6 Å². The van der Waals surface area contributed by atoms with Gasteiger partial charge in [0.1, 0.15) is 5.25 Å². The van der Waals surface area contributed by atoms with Crippen molar-refractivity contribution in [1.29, 1.82) is 0 Å². The van der Waals surface area contributed by atoms with E-state index in [4.69, 9.17) is 5.14 Å². The molecule has 20 heavy (non-hydrogen) atoms. The molecule has 0 spiro atoms.